The number of nitrogens with one attached hydrogen (secondary N) is 2. The number of nitrogens with zero attached hydrogens (tertiary/aromatic N) is 2. The molecule has 1 aromatic heterocycles. The maximum atomic E-state index is 12.2. The summed E-state index contributed by atoms with van der Waals surface area (Å²) in [5.74, 6) is 0. The number of aromatic nitrogens is 1. The van der Waals surface area contributed by atoms with Crippen molar-refractivity contribution in [3.8, 4) is 0 Å². The number of nitrogens with two attached hydrogens (primary N) is 1. The summed E-state index contributed by atoms with van der Waals surface area (Å²) in [7, 11) is 0. The van der Waals surface area contributed by atoms with Crippen LogP contribution in [-0.2, 0) is 6.54 Å². The first kappa shape index (κ1) is 25.2. The molecule has 1 unspecified atom stereocenters. The minimum Gasteiger partial charge on any atom is -0.337 e. The van der Waals surface area contributed by atoms with Gasteiger partial charge in [-0.25, -0.2) is 4.79 Å². The highest BCUT2D eigenvalue weighted by molar-refractivity contribution is 9.10. The number of amides is 2. The molecule has 2 amide bonds. The zero-order chi connectivity index (χ0) is 21.9. The maximum absolute atomic E-state index is 12.2. The molecular formula is C20H26BrCl2N5OS. The largest absolute Gasteiger partial charge is 0.337 e. The third-order valence-electron chi connectivity index (χ3n) is 4.41. The summed E-state index contributed by atoms with van der Waals surface area (Å²) in [5.41, 5.74) is 7.38. The van der Waals surface area contributed by atoms with Gasteiger partial charge in [0.05, 0.1) is 21.8 Å². The molecule has 0 spiro atoms. The van der Waals surface area contributed by atoms with Gasteiger partial charge in [-0.3, -0.25) is 9.29 Å². The number of hydrogen-bond donors (Lipinski definition) is 4. The predicted molar refractivity (Wildman–Crippen MR) is 130 cm³/mol. The highest BCUT2D eigenvalue weighted by atomic mass is 79.9. The lowest BCUT2D eigenvalue weighted by molar-refractivity contribution is 0.225. The smallest absolute Gasteiger partial charge is 0.327 e. The summed E-state index contributed by atoms with van der Waals surface area (Å²) >= 11 is 19.8. The van der Waals surface area contributed by atoms with Gasteiger partial charge in [-0.1, -0.05) is 42.1 Å². The van der Waals surface area contributed by atoms with Crippen molar-refractivity contribution in [3.63, 3.8) is 0 Å². The second-order valence-electron chi connectivity index (χ2n) is 6.72. The fraction of sp³-hybridized carbons (Fsp3) is 0.400. The van der Waals surface area contributed by atoms with E-state index >= 15 is 0 Å². The van der Waals surface area contributed by atoms with Crippen molar-refractivity contribution >= 4 is 58.0 Å². The highest BCUT2D eigenvalue weighted by Crippen LogP contribution is 2.23. The first-order valence-corrected chi connectivity index (χ1v) is 11.6. The van der Waals surface area contributed by atoms with Gasteiger partial charge in [-0.15, -0.1) is 0 Å². The van der Waals surface area contributed by atoms with E-state index in [1.807, 2.05) is 24.3 Å². The minimum atomic E-state index is -0.220. The first-order chi connectivity index (χ1) is 14.4. The van der Waals surface area contributed by atoms with Crippen molar-refractivity contribution in [1.82, 2.24) is 19.9 Å². The van der Waals surface area contributed by atoms with Crippen LogP contribution >= 0.6 is 51.9 Å². The number of urea groups is 1. The molecule has 6 nitrogen and oxygen atoms in total. The fourth-order valence-corrected chi connectivity index (χ4v) is 3.53. The van der Waals surface area contributed by atoms with E-state index in [-0.39, 0.29) is 12.1 Å². The van der Waals surface area contributed by atoms with Gasteiger partial charge in [0.15, 0.2) is 0 Å². The van der Waals surface area contributed by atoms with Crippen molar-refractivity contribution in [2.45, 2.75) is 31.8 Å². The minimum absolute atomic E-state index is 0.0570. The summed E-state index contributed by atoms with van der Waals surface area (Å²) in [6.45, 7) is 2.23. The second-order valence-corrected chi connectivity index (χ2v) is 8.94. The van der Waals surface area contributed by atoms with E-state index in [4.69, 9.17) is 28.9 Å². The van der Waals surface area contributed by atoms with Crippen molar-refractivity contribution < 1.29 is 4.79 Å². The van der Waals surface area contributed by atoms with Crippen LogP contribution in [0.3, 0.4) is 0 Å². The van der Waals surface area contributed by atoms with Crippen LogP contribution < -0.4 is 16.4 Å². The lowest BCUT2D eigenvalue weighted by atomic mass is 10.1. The Hall–Kier alpha value is -1.03. The number of hydrogen-bond acceptors (Lipinski definition) is 5. The van der Waals surface area contributed by atoms with E-state index in [0.717, 1.165) is 28.6 Å². The Kier molecular flexibility index (Phi) is 11.3. The summed E-state index contributed by atoms with van der Waals surface area (Å²) in [6, 6.07) is 9.17. The van der Waals surface area contributed by atoms with Crippen LogP contribution in [0.1, 0.15) is 36.6 Å². The number of pyridine rings is 1. The molecule has 0 fully saturated rings. The summed E-state index contributed by atoms with van der Waals surface area (Å²) in [4.78, 5) is 16.7. The van der Waals surface area contributed by atoms with Crippen molar-refractivity contribution in [2.24, 2.45) is 5.73 Å². The monoisotopic (exact) mass is 533 g/mol. The molecule has 1 heterocycles. The average molecular weight is 535 g/mol. The summed E-state index contributed by atoms with van der Waals surface area (Å²) in [6.07, 6.45) is 4.10. The van der Waals surface area contributed by atoms with Gasteiger partial charge in [-0.05, 0) is 71.6 Å². The Balaban J connectivity index is 1.94. The number of carbonyl (C=O) groups excluding carboxylic acids is 1. The maximum Gasteiger partial charge on any atom is 0.327 e. The Labute approximate surface area is 201 Å². The Morgan fingerprint density at radius 1 is 1.23 bits per heavy atom. The molecule has 4 N–H and O–H groups in total. The van der Waals surface area contributed by atoms with Crippen molar-refractivity contribution in [1.29, 1.82) is 0 Å². The molecule has 2 aromatic rings. The number of thiol groups is 1. The van der Waals surface area contributed by atoms with E-state index in [0.29, 0.717) is 42.6 Å². The van der Waals surface area contributed by atoms with Crippen LogP contribution in [0.2, 0.25) is 10.0 Å². The molecular weight excluding hydrogens is 509 g/mol. The number of halogens is 3. The van der Waals surface area contributed by atoms with Gasteiger partial charge in [0.1, 0.15) is 0 Å². The number of carbonyl (C=O) groups is 1. The molecule has 10 heteroatoms. The molecule has 1 atom stereocenters. The van der Waals surface area contributed by atoms with Gasteiger partial charge < -0.3 is 16.4 Å². The molecule has 0 radical (unpaired) electrons. The normalized spacial score (nSPS) is 11.9. The third kappa shape index (κ3) is 8.61. The van der Waals surface area contributed by atoms with Crippen LogP contribution in [0.5, 0.6) is 0 Å². The van der Waals surface area contributed by atoms with E-state index < -0.39 is 0 Å². The Morgan fingerprint density at radius 3 is 2.70 bits per heavy atom. The second kappa shape index (κ2) is 13.4. The average Bonchev–Trinajstić information content (AvgIpc) is 2.73. The molecule has 30 heavy (non-hydrogen) atoms. The molecule has 0 saturated carbocycles. The van der Waals surface area contributed by atoms with Crippen LogP contribution in [0.4, 0.5) is 4.79 Å². The molecule has 0 aliphatic carbocycles. The molecule has 0 bridgehead atoms. The fourth-order valence-electron chi connectivity index (χ4n) is 2.76. The van der Waals surface area contributed by atoms with Gasteiger partial charge in [0.2, 0.25) is 0 Å². The number of rotatable bonds is 11. The zero-order valence-corrected chi connectivity index (χ0v) is 20.4. The van der Waals surface area contributed by atoms with Gasteiger partial charge in [0, 0.05) is 30.3 Å². The van der Waals surface area contributed by atoms with Crippen molar-refractivity contribution in [2.75, 3.05) is 19.6 Å². The molecule has 0 aliphatic rings. The summed E-state index contributed by atoms with van der Waals surface area (Å²) < 4.78 is 2.29. The van der Waals surface area contributed by atoms with Gasteiger partial charge in [0.25, 0.3) is 0 Å². The molecule has 0 aliphatic heterocycles. The van der Waals surface area contributed by atoms with Crippen LogP contribution in [0.15, 0.2) is 41.0 Å². The SMILES string of the molecule is NCCCCN(S)C(=O)NCCC(NCc1ccc(Cl)c(Cl)c1)c1ccc(Br)cn1. The molecule has 164 valence electrons. The van der Waals surface area contributed by atoms with Crippen LogP contribution in [-0.4, -0.2) is 35.0 Å². The third-order valence-corrected chi connectivity index (χ3v) is 6.00. The van der Waals surface area contributed by atoms with Gasteiger partial charge in [-0.2, -0.15) is 0 Å². The Bertz CT molecular complexity index is 812. The van der Waals surface area contributed by atoms with E-state index in [9.17, 15) is 4.79 Å². The molecule has 0 saturated heterocycles. The summed E-state index contributed by atoms with van der Waals surface area (Å²) in [5, 5.41) is 7.43. The quantitative estimate of drug-likeness (QED) is 0.242. The number of unbranched alkanes of at least 4 members (excludes halogenated alkanes) is 1. The van der Waals surface area contributed by atoms with E-state index in [1.54, 1.807) is 12.3 Å². The predicted octanol–water partition coefficient (Wildman–Crippen LogP) is 4.97. The zero-order valence-electron chi connectivity index (χ0n) is 16.5. The van der Waals surface area contributed by atoms with Crippen molar-refractivity contribution in [3.05, 3.63) is 62.3 Å². The molecule has 1 aromatic carbocycles. The standard InChI is InChI=1S/C20H26BrCl2N5OS/c21-15-4-6-18(27-13-15)19(26-12-14-3-5-16(22)17(23)11-14)7-9-25-20(29)28(30)10-2-1-8-24/h3-6,11,13,19,26,30H,1-2,7-10,12,24H2,(H,25,29). The van der Waals surface area contributed by atoms with Crippen LogP contribution in [0.25, 0.3) is 0 Å². The van der Waals surface area contributed by atoms with Gasteiger partial charge >= 0.3 is 6.03 Å². The first-order valence-electron chi connectivity index (χ1n) is 9.63. The van der Waals surface area contributed by atoms with E-state index in [1.165, 1.54) is 4.31 Å². The van der Waals surface area contributed by atoms with E-state index in [2.05, 4.69) is 44.4 Å². The Morgan fingerprint density at radius 2 is 2.03 bits per heavy atom. The molecule has 2 rings (SSSR count). The topological polar surface area (TPSA) is 83.3 Å². The number of benzene rings is 1. The lowest BCUT2D eigenvalue weighted by Gasteiger charge is -2.21. The van der Waals surface area contributed by atoms with Crippen LogP contribution in [0, 0.1) is 0 Å². The highest BCUT2D eigenvalue weighted by Gasteiger charge is 2.15. The lowest BCUT2D eigenvalue weighted by Crippen LogP contribution is -2.36.